The number of anilines is 1. The zero-order valence-electron chi connectivity index (χ0n) is 16.0. The fourth-order valence-electron chi connectivity index (χ4n) is 2.33. The fourth-order valence-corrected chi connectivity index (χ4v) is 2.33. The molecular weight excluding hydrogens is 338 g/mol. The molecule has 27 heavy (non-hydrogen) atoms. The van der Waals surface area contributed by atoms with Crippen molar-refractivity contribution in [3.63, 3.8) is 0 Å². The first-order valence-corrected chi connectivity index (χ1v) is 8.87. The van der Waals surface area contributed by atoms with E-state index in [0.717, 1.165) is 22.4 Å². The molecule has 0 aliphatic rings. The Kier molecular flexibility index (Phi) is 7.49. The number of nitrogens with one attached hydrogen (secondary N) is 2. The van der Waals surface area contributed by atoms with Gasteiger partial charge in [0.25, 0.3) is 0 Å². The van der Waals surface area contributed by atoms with Gasteiger partial charge < -0.3 is 5.32 Å². The van der Waals surface area contributed by atoms with E-state index in [1.165, 1.54) is 0 Å². The minimum Gasteiger partial charge on any atom is -0.326 e. The summed E-state index contributed by atoms with van der Waals surface area (Å²) in [6.07, 6.45) is 3.93. The number of carbonyl (C=O) groups is 2. The zero-order valence-corrected chi connectivity index (χ0v) is 16.0. The van der Waals surface area contributed by atoms with Crippen LogP contribution >= 0.6 is 0 Å². The molecule has 5 nitrogen and oxygen atoms in total. The van der Waals surface area contributed by atoms with Crippen molar-refractivity contribution >= 4 is 29.3 Å². The first kappa shape index (κ1) is 20.1. The average Bonchev–Trinajstić information content (AvgIpc) is 2.66. The molecule has 0 aromatic heterocycles. The Morgan fingerprint density at radius 3 is 2.44 bits per heavy atom. The third-order valence-corrected chi connectivity index (χ3v) is 3.92. The molecule has 0 spiro atoms. The Bertz CT molecular complexity index is 855. The predicted molar refractivity (Wildman–Crippen MR) is 111 cm³/mol. The van der Waals surface area contributed by atoms with Crippen LogP contribution in [0.25, 0.3) is 6.08 Å². The lowest BCUT2D eigenvalue weighted by atomic mass is 10.1. The molecule has 0 aliphatic heterocycles. The highest BCUT2D eigenvalue weighted by Gasteiger charge is 2.08. The van der Waals surface area contributed by atoms with Crippen LogP contribution in [-0.4, -0.2) is 17.5 Å². The zero-order chi connectivity index (χ0) is 19.6. The molecular formula is C22H25N3O2. The minimum atomic E-state index is -0.293. The van der Waals surface area contributed by atoms with Crippen molar-refractivity contribution in [1.29, 1.82) is 0 Å². The lowest BCUT2D eigenvalue weighted by molar-refractivity contribution is -0.124. The summed E-state index contributed by atoms with van der Waals surface area (Å²) in [6, 6.07) is 15.7. The van der Waals surface area contributed by atoms with Crippen molar-refractivity contribution in [3.05, 3.63) is 71.3 Å². The van der Waals surface area contributed by atoms with Crippen molar-refractivity contribution in [1.82, 2.24) is 5.43 Å². The summed E-state index contributed by atoms with van der Waals surface area (Å²) in [7, 11) is 0. The second-order valence-electron chi connectivity index (χ2n) is 6.40. The second kappa shape index (κ2) is 10.1. The van der Waals surface area contributed by atoms with Crippen molar-refractivity contribution in [2.45, 2.75) is 33.6 Å². The van der Waals surface area contributed by atoms with Gasteiger partial charge >= 0.3 is 0 Å². The van der Waals surface area contributed by atoms with Crippen LogP contribution < -0.4 is 10.7 Å². The van der Waals surface area contributed by atoms with Gasteiger partial charge in [0.15, 0.2) is 0 Å². The Labute approximate surface area is 160 Å². The smallest absolute Gasteiger partial charge is 0.240 e. The summed E-state index contributed by atoms with van der Waals surface area (Å²) >= 11 is 0. The summed E-state index contributed by atoms with van der Waals surface area (Å²) in [5.41, 5.74) is 7.05. The summed E-state index contributed by atoms with van der Waals surface area (Å²) in [6.45, 7) is 5.70. The number of hydrogen-bond donors (Lipinski definition) is 2. The van der Waals surface area contributed by atoms with E-state index in [9.17, 15) is 9.59 Å². The highest BCUT2D eigenvalue weighted by molar-refractivity contribution is 5.97. The number of amides is 2. The number of nitrogens with zero attached hydrogens (tertiary/aromatic N) is 1. The Balaban J connectivity index is 1.77. The fraction of sp³-hybridized carbons (Fsp3) is 0.227. The standard InChI is InChI=1S/C22H25N3O2/c1-16-9-10-17(2)20(15-16)23-21(26)13-14-22(27)25-24-18(3)11-12-19-7-5-4-6-8-19/h4-12,15H,13-14H2,1-3H3,(H,23,26)(H,25,27). The molecule has 0 saturated heterocycles. The van der Waals surface area contributed by atoms with Gasteiger partial charge in [-0.3, -0.25) is 9.59 Å². The second-order valence-corrected chi connectivity index (χ2v) is 6.40. The first-order valence-electron chi connectivity index (χ1n) is 8.87. The SMILES string of the molecule is CC(C=Cc1ccccc1)=NNC(=O)CCC(=O)Nc1cc(C)ccc1C. The van der Waals surface area contributed by atoms with Crippen LogP contribution in [0.4, 0.5) is 5.69 Å². The number of allylic oxidation sites excluding steroid dienone is 1. The van der Waals surface area contributed by atoms with Crippen LogP contribution in [0.3, 0.4) is 0 Å². The molecule has 2 amide bonds. The highest BCUT2D eigenvalue weighted by Crippen LogP contribution is 2.16. The van der Waals surface area contributed by atoms with Gasteiger partial charge in [-0.05, 0) is 49.6 Å². The summed E-state index contributed by atoms with van der Waals surface area (Å²) in [4.78, 5) is 23.9. The molecule has 0 fully saturated rings. The molecule has 0 aliphatic carbocycles. The van der Waals surface area contributed by atoms with Crippen molar-refractivity contribution in [3.8, 4) is 0 Å². The molecule has 5 heteroatoms. The lowest BCUT2D eigenvalue weighted by Crippen LogP contribution is -2.21. The summed E-state index contributed by atoms with van der Waals surface area (Å²) < 4.78 is 0. The van der Waals surface area contributed by atoms with Crippen LogP contribution in [0, 0.1) is 13.8 Å². The summed E-state index contributed by atoms with van der Waals surface area (Å²) in [5, 5.41) is 6.87. The molecule has 140 valence electrons. The number of benzene rings is 2. The maximum absolute atomic E-state index is 12.0. The van der Waals surface area contributed by atoms with E-state index in [2.05, 4.69) is 15.8 Å². The Morgan fingerprint density at radius 2 is 1.70 bits per heavy atom. The van der Waals surface area contributed by atoms with Crippen LogP contribution in [0.15, 0.2) is 59.7 Å². The van der Waals surface area contributed by atoms with Gasteiger partial charge in [0.1, 0.15) is 0 Å². The maximum atomic E-state index is 12.0. The molecule has 2 N–H and O–H groups in total. The lowest BCUT2D eigenvalue weighted by Gasteiger charge is -2.09. The summed E-state index contributed by atoms with van der Waals surface area (Å²) in [5.74, 6) is -0.484. The largest absolute Gasteiger partial charge is 0.326 e. The third-order valence-electron chi connectivity index (χ3n) is 3.92. The van der Waals surface area contributed by atoms with Gasteiger partial charge in [-0.25, -0.2) is 5.43 Å². The molecule has 0 saturated carbocycles. The Hall–Kier alpha value is -3.21. The minimum absolute atomic E-state index is 0.0792. The molecule has 2 aromatic rings. The van der Waals surface area contributed by atoms with Gasteiger partial charge in [0.05, 0.1) is 5.71 Å². The maximum Gasteiger partial charge on any atom is 0.240 e. The topological polar surface area (TPSA) is 70.6 Å². The normalized spacial score (nSPS) is 11.4. The van der Waals surface area contributed by atoms with Gasteiger partial charge in [-0.1, -0.05) is 48.5 Å². The molecule has 2 rings (SSSR count). The Morgan fingerprint density at radius 1 is 1.00 bits per heavy atom. The van der Waals surface area contributed by atoms with Crippen molar-refractivity contribution < 1.29 is 9.59 Å². The van der Waals surface area contributed by atoms with E-state index in [1.54, 1.807) is 6.92 Å². The van der Waals surface area contributed by atoms with Crippen molar-refractivity contribution in [2.75, 3.05) is 5.32 Å². The van der Waals surface area contributed by atoms with E-state index in [4.69, 9.17) is 0 Å². The number of rotatable bonds is 7. The third kappa shape index (κ3) is 7.28. The quantitative estimate of drug-likeness (QED) is 0.571. The molecule has 2 aromatic carbocycles. The van der Waals surface area contributed by atoms with Gasteiger partial charge in [0.2, 0.25) is 11.8 Å². The molecule has 0 heterocycles. The van der Waals surface area contributed by atoms with Crippen LogP contribution in [0.1, 0.15) is 36.5 Å². The van der Waals surface area contributed by atoms with Crippen LogP contribution in [-0.2, 0) is 9.59 Å². The van der Waals surface area contributed by atoms with Crippen molar-refractivity contribution in [2.24, 2.45) is 5.10 Å². The molecule has 0 radical (unpaired) electrons. The molecule has 0 unspecified atom stereocenters. The average molecular weight is 363 g/mol. The highest BCUT2D eigenvalue weighted by atomic mass is 16.2. The van der Waals surface area contributed by atoms with Gasteiger partial charge in [-0.15, -0.1) is 0 Å². The van der Waals surface area contributed by atoms with Gasteiger partial charge in [-0.2, -0.15) is 5.10 Å². The van der Waals surface area contributed by atoms with E-state index >= 15 is 0 Å². The van der Waals surface area contributed by atoms with E-state index < -0.39 is 0 Å². The number of hydrazone groups is 1. The van der Waals surface area contributed by atoms with Crippen LogP contribution in [0.5, 0.6) is 0 Å². The molecule has 0 atom stereocenters. The van der Waals surface area contributed by atoms with E-state index in [0.29, 0.717) is 5.71 Å². The number of hydrogen-bond acceptors (Lipinski definition) is 3. The van der Waals surface area contributed by atoms with Gasteiger partial charge in [0, 0.05) is 18.5 Å². The monoisotopic (exact) mass is 363 g/mol. The first-order chi connectivity index (χ1) is 12.9. The van der Waals surface area contributed by atoms with E-state index in [-0.39, 0.29) is 24.7 Å². The number of aryl methyl sites for hydroxylation is 2. The van der Waals surface area contributed by atoms with Crippen LogP contribution in [0.2, 0.25) is 0 Å². The van der Waals surface area contributed by atoms with E-state index in [1.807, 2.05) is 74.5 Å². The number of carbonyl (C=O) groups excluding carboxylic acids is 2. The predicted octanol–water partition coefficient (Wildman–Crippen LogP) is 4.23. The molecule has 0 bridgehead atoms.